The number of benzene rings is 2. The molecular weight excluding hydrogens is 399 g/mol. The Hall–Kier alpha value is -3.00. The van der Waals surface area contributed by atoms with Gasteiger partial charge in [0.15, 0.2) is 0 Å². The monoisotopic (exact) mass is 428 g/mol. The zero-order valence-corrected chi connectivity index (χ0v) is 18.1. The maximum atomic E-state index is 14.5. The van der Waals surface area contributed by atoms with E-state index in [4.69, 9.17) is 0 Å². The van der Waals surface area contributed by atoms with Crippen molar-refractivity contribution in [2.45, 2.75) is 38.8 Å². The third-order valence-corrected chi connectivity index (χ3v) is 5.54. The normalized spacial score (nSPS) is 14.7. The molecule has 0 radical (unpaired) electrons. The summed E-state index contributed by atoms with van der Waals surface area (Å²) in [6, 6.07) is 9.98. The van der Waals surface area contributed by atoms with Crippen molar-refractivity contribution in [1.82, 2.24) is 10.2 Å². The molecule has 1 heterocycles. The van der Waals surface area contributed by atoms with Crippen LogP contribution < -0.4 is 10.2 Å². The van der Waals surface area contributed by atoms with Crippen molar-refractivity contribution in [3.8, 4) is 0 Å². The van der Waals surface area contributed by atoms with Gasteiger partial charge in [-0.3, -0.25) is 19.8 Å². The van der Waals surface area contributed by atoms with Crippen molar-refractivity contribution in [3.63, 3.8) is 0 Å². The summed E-state index contributed by atoms with van der Waals surface area (Å²) in [5.41, 5.74) is 1.54. The molecule has 0 atom stereocenters. The number of carbonyl (C=O) groups is 1. The highest BCUT2D eigenvalue weighted by atomic mass is 19.1. The average Bonchev–Trinajstić information content (AvgIpc) is 3.00. The van der Waals surface area contributed by atoms with Crippen molar-refractivity contribution in [1.29, 1.82) is 0 Å². The van der Waals surface area contributed by atoms with Crippen LogP contribution in [0.25, 0.3) is 0 Å². The summed E-state index contributed by atoms with van der Waals surface area (Å²) in [6.07, 6.45) is 5.01. The maximum absolute atomic E-state index is 14.5. The molecule has 7 nitrogen and oxygen atoms in total. The van der Waals surface area contributed by atoms with Gasteiger partial charge >= 0.3 is 0 Å². The van der Waals surface area contributed by atoms with Crippen LogP contribution in [-0.2, 0) is 13.1 Å². The first kappa shape index (κ1) is 22.7. The Morgan fingerprint density at radius 3 is 2.45 bits per heavy atom. The van der Waals surface area contributed by atoms with Crippen molar-refractivity contribution in [2.24, 2.45) is 0 Å². The standard InChI is InChI=1S/C23H29FN4O3/c1-26(2)21-14-20(24)19(13-22(21)28(30)31)23(29)25-15-17-8-7-9-18(12-17)16-27-10-5-3-4-6-11-27/h7-9,12-14H,3-6,10-11,15-16H2,1-2H3,(H,25,29). The van der Waals surface area contributed by atoms with Crippen LogP contribution in [0, 0.1) is 15.9 Å². The molecule has 1 saturated heterocycles. The zero-order chi connectivity index (χ0) is 22.4. The van der Waals surface area contributed by atoms with Crippen LogP contribution in [0.1, 0.15) is 47.2 Å². The van der Waals surface area contributed by atoms with Gasteiger partial charge in [-0.15, -0.1) is 0 Å². The molecule has 8 heteroatoms. The second-order valence-electron chi connectivity index (χ2n) is 8.17. The Kier molecular flexibility index (Phi) is 7.57. The van der Waals surface area contributed by atoms with Crippen LogP contribution in [0.15, 0.2) is 36.4 Å². The number of rotatable bonds is 7. The molecule has 3 rings (SSSR count). The van der Waals surface area contributed by atoms with E-state index in [1.807, 2.05) is 18.2 Å². The van der Waals surface area contributed by atoms with Gasteiger partial charge in [0.25, 0.3) is 11.6 Å². The van der Waals surface area contributed by atoms with Crippen LogP contribution in [0.2, 0.25) is 0 Å². The first-order valence-electron chi connectivity index (χ1n) is 10.6. The van der Waals surface area contributed by atoms with Crippen LogP contribution in [-0.4, -0.2) is 42.9 Å². The van der Waals surface area contributed by atoms with Gasteiger partial charge in [0.2, 0.25) is 0 Å². The van der Waals surface area contributed by atoms with E-state index in [2.05, 4.69) is 16.3 Å². The van der Waals surface area contributed by atoms with E-state index in [1.54, 1.807) is 14.1 Å². The van der Waals surface area contributed by atoms with E-state index in [9.17, 15) is 19.3 Å². The lowest BCUT2D eigenvalue weighted by Crippen LogP contribution is -2.25. The van der Waals surface area contributed by atoms with Gasteiger partial charge in [0.1, 0.15) is 11.5 Å². The van der Waals surface area contributed by atoms with Crippen molar-refractivity contribution in [2.75, 3.05) is 32.1 Å². The topological polar surface area (TPSA) is 78.7 Å². The lowest BCUT2D eigenvalue weighted by Gasteiger charge is -2.20. The zero-order valence-electron chi connectivity index (χ0n) is 18.1. The first-order valence-corrected chi connectivity index (χ1v) is 10.6. The number of nitro groups is 1. The highest BCUT2D eigenvalue weighted by molar-refractivity contribution is 5.96. The maximum Gasteiger partial charge on any atom is 0.293 e. The Morgan fingerprint density at radius 1 is 1.13 bits per heavy atom. The molecule has 1 aliphatic rings. The number of nitrogens with one attached hydrogen (secondary N) is 1. The summed E-state index contributed by atoms with van der Waals surface area (Å²) in [5, 5.41) is 14.0. The molecule has 1 fully saturated rings. The van der Waals surface area contributed by atoms with Gasteiger partial charge in [-0.05, 0) is 37.1 Å². The van der Waals surface area contributed by atoms with Crippen LogP contribution in [0.4, 0.5) is 15.8 Å². The number of anilines is 1. The fourth-order valence-electron chi connectivity index (χ4n) is 3.90. The SMILES string of the molecule is CN(C)c1cc(F)c(C(=O)NCc2cccc(CN3CCCCCC3)c2)cc1[N+](=O)[O-]. The van der Waals surface area contributed by atoms with Crippen molar-refractivity contribution >= 4 is 17.3 Å². The molecule has 0 aromatic heterocycles. The number of likely N-dealkylation sites (tertiary alicyclic amines) is 1. The Balaban J connectivity index is 1.68. The number of nitro benzene ring substituents is 1. The summed E-state index contributed by atoms with van der Waals surface area (Å²) in [6.45, 7) is 3.29. The van der Waals surface area contributed by atoms with Crippen LogP contribution in [0.3, 0.4) is 0 Å². The summed E-state index contributed by atoms with van der Waals surface area (Å²) in [4.78, 5) is 27.2. The van der Waals surface area contributed by atoms with Gasteiger partial charge in [0, 0.05) is 39.3 Å². The van der Waals surface area contributed by atoms with E-state index < -0.39 is 16.6 Å². The molecule has 0 saturated carbocycles. The molecule has 2 aromatic carbocycles. The molecule has 0 aliphatic carbocycles. The number of hydrogen-bond donors (Lipinski definition) is 1. The summed E-state index contributed by atoms with van der Waals surface area (Å²) < 4.78 is 14.5. The fourth-order valence-corrected chi connectivity index (χ4v) is 3.90. The lowest BCUT2D eigenvalue weighted by molar-refractivity contribution is -0.384. The molecule has 1 N–H and O–H groups in total. The fraction of sp³-hybridized carbons (Fsp3) is 0.435. The van der Waals surface area contributed by atoms with Gasteiger partial charge in [-0.25, -0.2) is 4.39 Å². The Labute approximate surface area is 182 Å². The van der Waals surface area contributed by atoms with Gasteiger partial charge in [-0.1, -0.05) is 37.1 Å². The molecule has 1 amide bonds. The number of halogens is 1. The molecule has 1 aliphatic heterocycles. The number of amides is 1. The van der Waals surface area contributed by atoms with E-state index in [0.717, 1.165) is 37.3 Å². The third kappa shape index (κ3) is 6.01. The molecule has 31 heavy (non-hydrogen) atoms. The highest BCUT2D eigenvalue weighted by Gasteiger charge is 2.23. The van der Waals surface area contributed by atoms with Gasteiger partial charge in [-0.2, -0.15) is 0 Å². The van der Waals surface area contributed by atoms with E-state index in [0.29, 0.717) is 0 Å². The minimum atomic E-state index is -0.790. The predicted octanol–water partition coefficient (Wildman–Crippen LogP) is 4.11. The molecule has 0 spiro atoms. The highest BCUT2D eigenvalue weighted by Crippen LogP contribution is 2.29. The van der Waals surface area contributed by atoms with Crippen LogP contribution >= 0.6 is 0 Å². The Bertz CT molecular complexity index is 940. The lowest BCUT2D eigenvalue weighted by atomic mass is 10.1. The van der Waals surface area contributed by atoms with Gasteiger partial charge < -0.3 is 10.2 Å². The molecular formula is C23H29FN4O3. The second-order valence-corrected chi connectivity index (χ2v) is 8.17. The predicted molar refractivity (Wildman–Crippen MR) is 119 cm³/mol. The van der Waals surface area contributed by atoms with Crippen molar-refractivity contribution in [3.05, 3.63) is 69.0 Å². The van der Waals surface area contributed by atoms with Gasteiger partial charge in [0.05, 0.1) is 10.5 Å². The number of nitrogens with zero attached hydrogens (tertiary/aromatic N) is 3. The second kappa shape index (κ2) is 10.3. The largest absolute Gasteiger partial charge is 0.372 e. The number of hydrogen-bond acceptors (Lipinski definition) is 5. The molecule has 0 unspecified atom stereocenters. The van der Waals surface area contributed by atoms with E-state index in [-0.39, 0.29) is 23.5 Å². The van der Waals surface area contributed by atoms with E-state index >= 15 is 0 Å². The van der Waals surface area contributed by atoms with Crippen molar-refractivity contribution < 1.29 is 14.1 Å². The molecule has 166 valence electrons. The molecule has 2 aromatic rings. The molecule has 0 bridgehead atoms. The summed E-state index contributed by atoms with van der Waals surface area (Å²) in [5.74, 6) is -1.47. The van der Waals surface area contributed by atoms with Crippen LogP contribution in [0.5, 0.6) is 0 Å². The van der Waals surface area contributed by atoms with E-state index in [1.165, 1.54) is 36.1 Å². The Morgan fingerprint density at radius 2 is 1.81 bits per heavy atom. The summed E-state index contributed by atoms with van der Waals surface area (Å²) in [7, 11) is 3.17. The first-order chi connectivity index (χ1) is 14.8. The summed E-state index contributed by atoms with van der Waals surface area (Å²) >= 11 is 0. The smallest absolute Gasteiger partial charge is 0.293 e. The average molecular weight is 429 g/mol. The minimum Gasteiger partial charge on any atom is -0.372 e. The quantitative estimate of drug-likeness (QED) is 0.530. The third-order valence-electron chi connectivity index (χ3n) is 5.54. The number of carbonyl (C=O) groups excluding carboxylic acids is 1. The minimum absolute atomic E-state index is 0.111.